The molecule has 1 aliphatic rings. The van der Waals surface area contributed by atoms with Crippen LogP contribution in [-0.2, 0) is 14.8 Å². The van der Waals surface area contributed by atoms with Crippen molar-refractivity contribution in [3.63, 3.8) is 0 Å². The predicted molar refractivity (Wildman–Crippen MR) is 110 cm³/mol. The van der Waals surface area contributed by atoms with Crippen LogP contribution in [0.1, 0.15) is 16.7 Å². The van der Waals surface area contributed by atoms with Gasteiger partial charge in [0.05, 0.1) is 36.6 Å². The Hall–Kier alpha value is -2.73. The molecule has 2 aromatic carbocycles. The first-order valence-electron chi connectivity index (χ1n) is 9.52. The minimum Gasteiger partial charge on any atom is -0.325 e. The number of benzene rings is 2. The summed E-state index contributed by atoms with van der Waals surface area (Å²) in [6.45, 7) is 5.96. The maximum atomic E-state index is 12.9. The molecule has 152 valence electrons. The molecule has 0 aliphatic carbocycles. The van der Waals surface area contributed by atoms with E-state index in [0.717, 1.165) is 21.7 Å². The second-order valence-electron chi connectivity index (χ2n) is 7.23. The molecule has 0 atom stereocenters. The lowest BCUT2D eigenvalue weighted by atomic mass is 10.1. The van der Waals surface area contributed by atoms with Crippen molar-refractivity contribution in [3.05, 3.63) is 59.2 Å². The number of nitrogens with zero attached hydrogens (tertiary/aromatic N) is 2. The zero-order valence-corrected chi connectivity index (χ0v) is 17.4. The highest BCUT2D eigenvalue weighted by molar-refractivity contribution is 7.89. The van der Waals surface area contributed by atoms with E-state index in [-0.39, 0.29) is 22.9 Å². The second-order valence-corrected chi connectivity index (χ2v) is 9.14. The van der Waals surface area contributed by atoms with E-state index in [1.807, 2.05) is 38.1 Å². The highest BCUT2D eigenvalue weighted by Crippen LogP contribution is 2.20. The monoisotopic (exact) mass is 413 g/mol. The highest BCUT2D eigenvalue weighted by Gasteiger charge is 2.32. The van der Waals surface area contributed by atoms with Gasteiger partial charge in [-0.25, -0.2) is 8.42 Å². The van der Waals surface area contributed by atoms with Crippen molar-refractivity contribution in [1.82, 2.24) is 4.31 Å². The van der Waals surface area contributed by atoms with Crippen molar-refractivity contribution in [2.45, 2.75) is 18.7 Å². The van der Waals surface area contributed by atoms with Crippen LogP contribution >= 0.6 is 0 Å². The minimum absolute atomic E-state index is 0.0404. The molecule has 3 rings (SSSR count). The molecular formula is C21H25N4O3S+. The molecule has 0 spiro atoms. The Balaban J connectivity index is 1.60. The molecule has 1 amide bonds. The zero-order chi connectivity index (χ0) is 21.0. The van der Waals surface area contributed by atoms with Crippen LogP contribution in [0.5, 0.6) is 0 Å². The lowest BCUT2D eigenvalue weighted by molar-refractivity contribution is -0.895. The molecule has 0 saturated carbocycles. The van der Waals surface area contributed by atoms with Crippen LogP contribution in [0, 0.1) is 25.2 Å². The van der Waals surface area contributed by atoms with Gasteiger partial charge in [-0.2, -0.15) is 9.57 Å². The maximum absolute atomic E-state index is 12.9. The van der Waals surface area contributed by atoms with Gasteiger partial charge in [0.25, 0.3) is 5.91 Å². The van der Waals surface area contributed by atoms with E-state index in [1.54, 1.807) is 12.1 Å². The van der Waals surface area contributed by atoms with Crippen LogP contribution in [0.4, 0.5) is 5.69 Å². The summed E-state index contributed by atoms with van der Waals surface area (Å²) in [6.07, 6.45) is 0. The van der Waals surface area contributed by atoms with Gasteiger partial charge >= 0.3 is 0 Å². The number of carbonyl (C=O) groups excluding carboxylic acids is 1. The summed E-state index contributed by atoms with van der Waals surface area (Å²) in [7, 11) is -3.72. The number of amides is 1. The molecule has 1 fully saturated rings. The lowest BCUT2D eigenvalue weighted by Gasteiger charge is -2.31. The number of rotatable bonds is 5. The molecule has 2 aromatic rings. The summed E-state index contributed by atoms with van der Waals surface area (Å²) in [6, 6.07) is 14.0. The number of sulfonamides is 1. The third-order valence-corrected chi connectivity index (χ3v) is 7.30. The highest BCUT2D eigenvalue weighted by atomic mass is 32.2. The average Bonchev–Trinajstić information content (AvgIpc) is 2.71. The number of piperazine rings is 1. The van der Waals surface area contributed by atoms with Crippen molar-refractivity contribution in [1.29, 1.82) is 5.26 Å². The van der Waals surface area contributed by atoms with Gasteiger partial charge in [-0.3, -0.25) is 4.79 Å². The molecule has 2 N–H and O–H groups in total. The van der Waals surface area contributed by atoms with Crippen LogP contribution in [0.25, 0.3) is 0 Å². The fourth-order valence-electron chi connectivity index (χ4n) is 3.45. The lowest BCUT2D eigenvalue weighted by Crippen LogP contribution is -3.15. The topological polar surface area (TPSA) is 94.7 Å². The molecule has 1 heterocycles. The van der Waals surface area contributed by atoms with E-state index in [4.69, 9.17) is 0 Å². The normalized spacial score (nSPS) is 15.6. The molecule has 29 heavy (non-hydrogen) atoms. The fraction of sp³-hybridized carbons (Fsp3) is 0.333. The van der Waals surface area contributed by atoms with Crippen molar-refractivity contribution in [2.75, 3.05) is 38.0 Å². The van der Waals surface area contributed by atoms with Gasteiger partial charge in [-0.05, 0) is 43.2 Å². The van der Waals surface area contributed by atoms with E-state index < -0.39 is 10.0 Å². The molecule has 0 radical (unpaired) electrons. The Kier molecular flexibility index (Phi) is 6.33. The van der Waals surface area contributed by atoms with Gasteiger partial charge < -0.3 is 10.2 Å². The van der Waals surface area contributed by atoms with Gasteiger partial charge in [0.15, 0.2) is 6.54 Å². The maximum Gasteiger partial charge on any atom is 0.279 e. The van der Waals surface area contributed by atoms with Crippen molar-refractivity contribution < 1.29 is 18.1 Å². The Morgan fingerprint density at radius 2 is 1.83 bits per heavy atom. The van der Waals surface area contributed by atoms with Crippen LogP contribution in [0.2, 0.25) is 0 Å². The van der Waals surface area contributed by atoms with Crippen LogP contribution in [0.3, 0.4) is 0 Å². The molecule has 8 heteroatoms. The van der Waals surface area contributed by atoms with E-state index in [2.05, 4.69) is 5.32 Å². The second kappa shape index (κ2) is 8.74. The standard InChI is InChI=1S/C21H24N4O3S/c1-16-6-5-8-19(17(16)2)23-21(26)15-24-10-12-25(13-11-24)29(27,28)20-9-4-3-7-18(20)14-22/h3-9H,10-13,15H2,1-2H3,(H,23,26)/p+1. The van der Waals surface area contributed by atoms with E-state index in [1.165, 1.54) is 16.4 Å². The third kappa shape index (κ3) is 4.65. The van der Waals surface area contributed by atoms with Gasteiger partial charge in [0.2, 0.25) is 10.0 Å². The van der Waals surface area contributed by atoms with Gasteiger partial charge in [-0.1, -0.05) is 24.3 Å². The fourth-order valence-corrected chi connectivity index (χ4v) is 5.03. The summed E-state index contributed by atoms with van der Waals surface area (Å²) in [4.78, 5) is 13.5. The Morgan fingerprint density at radius 1 is 1.14 bits per heavy atom. The van der Waals surface area contributed by atoms with Gasteiger partial charge in [0, 0.05) is 5.69 Å². The van der Waals surface area contributed by atoms with E-state index in [0.29, 0.717) is 26.2 Å². The average molecular weight is 414 g/mol. The molecule has 1 saturated heterocycles. The first-order valence-corrected chi connectivity index (χ1v) is 11.0. The van der Waals surface area contributed by atoms with Crippen molar-refractivity contribution >= 4 is 21.6 Å². The predicted octanol–water partition coefficient (Wildman–Crippen LogP) is 0.703. The van der Waals surface area contributed by atoms with E-state index >= 15 is 0 Å². The van der Waals surface area contributed by atoms with Crippen LogP contribution in [0.15, 0.2) is 47.4 Å². The van der Waals surface area contributed by atoms with Gasteiger partial charge in [0.1, 0.15) is 6.07 Å². The summed E-state index contributed by atoms with van der Waals surface area (Å²) in [5.74, 6) is -0.0835. The Bertz CT molecular complexity index is 1050. The molecular weight excluding hydrogens is 388 g/mol. The molecule has 1 aliphatic heterocycles. The van der Waals surface area contributed by atoms with E-state index in [9.17, 15) is 18.5 Å². The minimum atomic E-state index is -3.72. The summed E-state index contributed by atoms with van der Waals surface area (Å²) < 4.78 is 27.2. The number of nitriles is 1. The van der Waals surface area contributed by atoms with Crippen LogP contribution in [-0.4, -0.2) is 51.4 Å². The smallest absolute Gasteiger partial charge is 0.279 e. The SMILES string of the molecule is Cc1cccc(NC(=O)C[NH+]2CCN(S(=O)(=O)c3ccccc3C#N)CC2)c1C. The Labute approximate surface area is 171 Å². The quantitative estimate of drug-likeness (QED) is 0.755. The van der Waals surface area contributed by atoms with Crippen molar-refractivity contribution in [3.8, 4) is 6.07 Å². The molecule has 7 nitrogen and oxygen atoms in total. The number of nitrogens with one attached hydrogen (secondary N) is 2. The molecule has 0 bridgehead atoms. The first kappa shape index (κ1) is 21.0. The molecule has 0 aromatic heterocycles. The first-order chi connectivity index (χ1) is 13.8. The van der Waals surface area contributed by atoms with Crippen molar-refractivity contribution in [2.24, 2.45) is 0 Å². The molecule has 0 unspecified atom stereocenters. The number of hydrogen-bond donors (Lipinski definition) is 2. The summed E-state index contributed by atoms with van der Waals surface area (Å²) >= 11 is 0. The van der Waals surface area contributed by atoms with Gasteiger partial charge in [-0.15, -0.1) is 0 Å². The summed E-state index contributed by atoms with van der Waals surface area (Å²) in [5.41, 5.74) is 3.12. The van der Waals surface area contributed by atoms with Crippen LogP contribution < -0.4 is 10.2 Å². The number of quaternary nitrogens is 1. The number of hydrogen-bond acceptors (Lipinski definition) is 4. The summed E-state index contributed by atoms with van der Waals surface area (Å²) in [5, 5.41) is 12.2. The number of carbonyl (C=O) groups is 1. The number of anilines is 1. The third-order valence-electron chi connectivity index (χ3n) is 5.34. The zero-order valence-electron chi connectivity index (χ0n) is 16.6. The number of aryl methyl sites for hydroxylation is 1. The largest absolute Gasteiger partial charge is 0.325 e. The Morgan fingerprint density at radius 3 is 2.52 bits per heavy atom.